The fourth-order valence-corrected chi connectivity index (χ4v) is 2.59. The first kappa shape index (κ1) is 25.0. The second kappa shape index (κ2) is 10.3. The minimum atomic E-state index is -5.05. The van der Waals surface area contributed by atoms with Crippen molar-refractivity contribution in [3.05, 3.63) is 65.5 Å². The van der Waals surface area contributed by atoms with Crippen molar-refractivity contribution >= 4 is 12.1 Å². The number of amides is 1. The van der Waals surface area contributed by atoms with Gasteiger partial charge >= 0.3 is 18.4 Å². The fourth-order valence-electron chi connectivity index (χ4n) is 2.59. The van der Waals surface area contributed by atoms with Crippen molar-refractivity contribution in [1.29, 1.82) is 0 Å². The summed E-state index contributed by atoms with van der Waals surface area (Å²) in [5.74, 6) is -3.10. The van der Waals surface area contributed by atoms with Gasteiger partial charge in [0.05, 0.1) is 0 Å². The lowest BCUT2D eigenvalue weighted by Crippen LogP contribution is -2.45. The number of alkyl carbamates (subject to hydrolysis) is 1. The van der Waals surface area contributed by atoms with E-state index in [4.69, 9.17) is 9.47 Å². The average Bonchev–Trinajstić information content (AvgIpc) is 2.66. The zero-order chi connectivity index (χ0) is 23.9. The van der Waals surface area contributed by atoms with E-state index in [9.17, 15) is 27.2 Å². The molecule has 2 rings (SSSR count). The Morgan fingerprint density at radius 3 is 2.22 bits per heavy atom. The van der Waals surface area contributed by atoms with Gasteiger partial charge in [0.25, 0.3) is 0 Å². The van der Waals surface area contributed by atoms with E-state index in [1.165, 1.54) is 0 Å². The first-order chi connectivity index (χ1) is 14.8. The molecule has 0 unspecified atom stereocenters. The van der Waals surface area contributed by atoms with Gasteiger partial charge in [0, 0.05) is 6.42 Å². The van der Waals surface area contributed by atoms with Crippen LogP contribution in [0.15, 0.2) is 48.5 Å². The Balaban J connectivity index is 2.15. The minimum Gasteiger partial charge on any atom is -0.459 e. The summed E-state index contributed by atoms with van der Waals surface area (Å²) in [5, 5.41) is 2.36. The van der Waals surface area contributed by atoms with Gasteiger partial charge in [0.15, 0.2) is 11.6 Å². The molecule has 0 heterocycles. The second-order valence-corrected chi connectivity index (χ2v) is 7.81. The molecule has 10 heteroatoms. The SMILES string of the molecule is CC(C)(C)OC(=O)N[C@@H](Cc1ccc(OC(F)(F)F)c(F)c1)C(=O)OCc1ccccc1. The van der Waals surface area contributed by atoms with Crippen LogP contribution in [0.25, 0.3) is 0 Å². The molecule has 1 N–H and O–H groups in total. The van der Waals surface area contributed by atoms with Crippen molar-refractivity contribution in [2.45, 2.75) is 51.8 Å². The van der Waals surface area contributed by atoms with Crippen LogP contribution in [-0.2, 0) is 27.3 Å². The van der Waals surface area contributed by atoms with E-state index in [2.05, 4.69) is 10.1 Å². The molecule has 0 bridgehead atoms. The molecule has 1 amide bonds. The van der Waals surface area contributed by atoms with E-state index >= 15 is 0 Å². The highest BCUT2D eigenvalue weighted by atomic mass is 19.4. The number of esters is 1. The molecule has 0 aliphatic rings. The first-order valence-corrected chi connectivity index (χ1v) is 9.56. The van der Waals surface area contributed by atoms with Gasteiger partial charge in [-0.1, -0.05) is 36.4 Å². The zero-order valence-electron chi connectivity index (χ0n) is 17.7. The molecular weight excluding hydrogens is 434 g/mol. The molecule has 32 heavy (non-hydrogen) atoms. The van der Waals surface area contributed by atoms with Crippen LogP contribution in [0.4, 0.5) is 22.4 Å². The van der Waals surface area contributed by atoms with E-state index in [0.717, 1.165) is 18.2 Å². The van der Waals surface area contributed by atoms with Crippen LogP contribution >= 0.6 is 0 Å². The fraction of sp³-hybridized carbons (Fsp3) is 0.364. The summed E-state index contributed by atoms with van der Waals surface area (Å²) < 4.78 is 65.0. The van der Waals surface area contributed by atoms with Gasteiger partial charge < -0.3 is 19.5 Å². The highest BCUT2D eigenvalue weighted by Gasteiger charge is 2.32. The monoisotopic (exact) mass is 457 g/mol. The predicted molar refractivity (Wildman–Crippen MR) is 106 cm³/mol. The van der Waals surface area contributed by atoms with Crippen molar-refractivity contribution < 1.29 is 41.4 Å². The summed E-state index contributed by atoms with van der Waals surface area (Å²) in [5.41, 5.74) is -0.00282. The smallest absolute Gasteiger partial charge is 0.459 e. The molecule has 1 atom stereocenters. The van der Waals surface area contributed by atoms with E-state index in [-0.39, 0.29) is 18.6 Å². The summed E-state index contributed by atoms with van der Waals surface area (Å²) in [4.78, 5) is 24.8. The topological polar surface area (TPSA) is 73.9 Å². The third-order valence-corrected chi connectivity index (χ3v) is 3.86. The van der Waals surface area contributed by atoms with Crippen LogP contribution in [0.3, 0.4) is 0 Å². The standard InChI is InChI=1S/C22H23F4NO5/c1-21(2,3)32-20(29)27-17(19(28)30-13-14-7-5-4-6-8-14)12-15-9-10-18(16(23)11-15)31-22(24,25)26/h4-11,17H,12-13H2,1-3H3,(H,27,29)/t17-/m0/s1. The Hall–Kier alpha value is -3.30. The van der Waals surface area contributed by atoms with Gasteiger partial charge in [-0.15, -0.1) is 13.2 Å². The van der Waals surface area contributed by atoms with Gasteiger partial charge in [0.1, 0.15) is 18.2 Å². The van der Waals surface area contributed by atoms with Crippen molar-refractivity contribution in [2.75, 3.05) is 0 Å². The molecule has 2 aromatic rings. The maximum Gasteiger partial charge on any atom is 0.573 e. The number of carbonyl (C=O) groups is 2. The Kier molecular flexibility index (Phi) is 8.07. The number of hydrogen-bond donors (Lipinski definition) is 1. The summed E-state index contributed by atoms with van der Waals surface area (Å²) >= 11 is 0. The van der Waals surface area contributed by atoms with E-state index in [1.807, 2.05) is 0 Å². The summed E-state index contributed by atoms with van der Waals surface area (Å²) in [6, 6.07) is 10.2. The van der Waals surface area contributed by atoms with Crippen LogP contribution in [0, 0.1) is 5.82 Å². The second-order valence-electron chi connectivity index (χ2n) is 7.81. The Labute approximate surface area is 182 Å². The third kappa shape index (κ3) is 8.83. The number of ether oxygens (including phenoxy) is 3. The van der Waals surface area contributed by atoms with Gasteiger partial charge in [0.2, 0.25) is 0 Å². The largest absolute Gasteiger partial charge is 0.573 e. The summed E-state index contributed by atoms with van der Waals surface area (Å²) in [7, 11) is 0. The summed E-state index contributed by atoms with van der Waals surface area (Å²) in [6.45, 7) is 4.82. The number of benzene rings is 2. The highest BCUT2D eigenvalue weighted by Crippen LogP contribution is 2.26. The van der Waals surface area contributed by atoms with Crippen molar-refractivity contribution in [3.63, 3.8) is 0 Å². The van der Waals surface area contributed by atoms with Gasteiger partial charge in [-0.25, -0.2) is 14.0 Å². The van der Waals surface area contributed by atoms with E-state index in [0.29, 0.717) is 5.56 Å². The maximum absolute atomic E-state index is 14.0. The van der Waals surface area contributed by atoms with Crippen molar-refractivity contribution in [2.24, 2.45) is 0 Å². The molecule has 0 saturated carbocycles. The summed E-state index contributed by atoms with van der Waals surface area (Å²) in [6.07, 6.45) is -6.21. The van der Waals surface area contributed by atoms with Gasteiger partial charge in [-0.3, -0.25) is 0 Å². The molecule has 0 aromatic heterocycles. The third-order valence-electron chi connectivity index (χ3n) is 3.86. The first-order valence-electron chi connectivity index (χ1n) is 9.56. The average molecular weight is 457 g/mol. The molecule has 174 valence electrons. The lowest BCUT2D eigenvalue weighted by molar-refractivity contribution is -0.275. The molecular formula is C22H23F4NO5. The van der Waals surface area contributed by atoms with E-state index in [1.54, 1.807) is 51.1 Å². The Morgan fingerprint density at radius 2 is 1.66 bits per heavy atom. The highest BCUT2D eigenvalue weighted by molar-refractivity contribution is 5.81. The molecule has 0 radical (unpaired) electrons. The van der Waals surface area contributed by atoms with Crippen molar-refractivity contribution in [1.82, 2.24) is 5.32 Å². The number of alkyl halides is 3. The lowest BCUT2D eigenvalue weighted by Gasteiger charge is -2.23. The number of carbonyl (C=O) groups excluding carboxylic acids is 2. The number of hydrogen-bond acceptors (Lipinski definition) is 5. The van der Waals surface area contributed by atoms with E-state index < -0.39 is 41.6 Å². The van der Waals surface area contributed by atoms with Crippen LogP contribution in [0.2, 0.25) is 0 Å². The maximum atomic E-state index is 14.0. The quantitative estimate of drug-likeness (QED) is 0.473. The Morgan fingerprint density at radius 1 is 1.00 bits per heavy atom. The van der Waals surface area contributed by atoms with Crippen LogP contribution < -0.4 is 10.1 Å². The molecule has 6 nitrogen and oxygen atoms in total. The van der Waals surface area contributed by atoms with Crippen LogP contribution in [0.1, 0.15) is 31.9 Å². The Bertz CT molecular complexity index is 926. The normalized spacial score (nSPS) is 12.6. The van der Waals surface area contributed by atoms with Crippen molar-refractivity contribution in [3.8, 4) is 5.75 Å². The number of nitrogens with one attached hydrogen (secondary N) is 1. The molecule has 0 spiro atoms. The van der Waals surface area contributed by atoms with Gasteiger partial charge in [-0.05, 0) is 44.0 Å². The molecule has 0 saturated heterocycles. The molecule has 2 aromatic carbocycles. The van der Waals surface area contributed by atoms with Crippen LogP contribution in [0.5, 0.6) is 5.75 Å². The molecule has 0 fully saturated rings. The molecule has 0 aliphatic heterocycles. The lowest BCUT2D eigenvalue weighted by atomic mass is 10.1. The minimum absolute atomic E-state index is 0.0705. The predicted octanol–water partition coefficient (Wildman–Crippen LogP) is 4.90. The zero-order valence-corrected chi connectivity index (χ0v) is 17.7. The number of rotatable bonds is 7. The van der Waals surface area contributed by atoms with Gasteiger partial charge in [-0.2, -0.15) is 0 Å². The van der Waals surface area contributed by atoms with Crippen LogP contribution in [-0.4, -0.2) is 30.1 Å². The molecule has 0 aliphatic carbocycles. The number of halogens is 4.